The largest absolute Gasteiger partial charge is 0.491 e. The van der Waals surface area contributed by atoms with Crippen molar-refractivity contribution in [3.05, 3.63) is 29.6 Å². The van der Waals surface area contributed by atoms with E-state index in [9.17, 15) is 9.18 Å². The highest BCUT2D eigenvalue weighted by atomic mass is 127. The molecule has 152 valence electrons. The van der Waals surface area contributed by atoms with E-state index in [0.29, 0.717) is 32.2 Å². The first kappa shape index (κ1) is 23.3. The normalized spacial score (nSPS) is 15.1. The zero-order chi connectivity index (χ0) is 18.9. The first-order chi connectivity index (χ1) is 12.5. The zero-order valence-electron chi connectivity index (χ0n) is 15.8. The molecule has 2 rings (SSSR count). The number of carbonyl (C=O) groups excluding carboxylic acids is 1. The Morgan fingerprint density at radius 2 is 2.07 bits per heavy atom. The van der Waals surface area contributed by atoms with Crippen LogP contribution in [0.3, 0.4) is 0 Å². The number of nitrogens with zero attached hydrogens (tertiary/aromatic N) is 2. The van der Waals surface area contributed by atoms with Crippen LogP contribution in [0.5, 0.6) is 5.75 Å². The molecule has 9 heteroatoms. The van der Waals surface area contributed by atoms with Gasteiger partial charge in [-0.25, -0.2) is 14.2 Å². The number of halogens is 2. The number of hydrogen-bond donors (Lipinski definition) is 3. The summed E-state index contributed by atoms with van der Waals surface area (Å²) in [5.74, 6) is 0.558. The number of likely N-dealkylation sites (tertiary alicyclic amines) is 1. The first-order valence-electron chi connectivity index (χ1n) is 9.04. The molecule has 4 N–H and O–H groups in total. The second-order valence-corrected chi connectivity index (χ2v) is 6.14. The molecule has 1 fully saturated rings. The first-order valence-corrected chi connectivity index (χ1v) is 9.04. The minimum absolute atomic E-state index is 0. The molecule has 0 saturated carbocycles. The van der Waals surface area contributed by atoms with Gasteiger partial charge in [-0.15, -0.1) is 24.0 Å². The maximum Gasteiger partial charge on any atom is 0.314 e. The van der Waals surface area contributed by atoms with Crippen LogP contribution in [0, 0.1) is 5.82 Å². The molecule has 1 heterocycles. The van der Waals surface area contributed by atoms with Crippen LogP contribution in [0.1, 0.15) is 32.3 Å². The summed E-state index contributed by atoms with van der Waals surface area (Å²) < 4.78 is 19.1. The van der Waals surface area contributed by atoms with Gasteiger partial charge in [0.05, 0.1) is 13.2 Å². The fourth-order valence-electron chi connectivity index (χ4n) is 2.84. The molecule has 0 unspecified atom stereocenters. The molecule has 7 nitrogen and oxygen atoms in total. The van der Waals surface area contributed by atoms with Crippen LogP contribution >= 0.6 is 24.0 Å². The van der Waals surface area contributed by atoms with Gasteiger partial charge in [0.2, 0.25) is 0 Å². The van der Waals surface area contributed by atoms with Gasteiger partial charge < -0.3 is 26.0 Å². The summed E-state index contributed by atoms with van der Waals surface area (Å²) in [6.45, 7) is 6.59. The number of carbonyl (C=O) groups is 1. The summed E-state index contributed by atoms with van der Waals surface area (Å²) in [6.07, 6.45) is 1.62. The lowest BCUT2D eigenvalue weighted by molar-refractivity contribution is 0.188. The summed E-state index contributed by atoms with van der Waals surface area (Å²) in [6, 6.07) is 4.74. The number of amides is 2. The number of ether oxygens (including phenoxy) is 1. The number of guanidine groups is 1. The van der Waals surface area contributed by atoms with Crippen LogP contribution < -0.4 is 21.1 Å². The third-order valence-electron chi connectivity index (χ3n) is 4.21. The predicted octanol–water partition coefficient (Wildman–Crippen LogP) is 2.44. The summed E-state index contributed by atoms with van der Waals surface area (Å²) in [5, 5.41) is 6.57. The van der Waals surface area contributed by atoms with Gasteiger partial charge in [0.1, 0.15) is 0 Å². The number of urea groups is 1. The van der Waals surface area contributed by atoms with Gasteiger partial charge >= 0.3 is 6.03 Å². The Bertz CT molecular complexity index is 636. The third-order valence-corrected chi connectivity index (χ3v) is 4.21. The topological polar surface area (TPSA) is 92.0 Å². The maximum absolute atomic E-state index is 13.9. The van der Waals surface area contributed by atoms with Gasteiger partial charge in [-0.05, 0) is 44.4 Å². The molecule has 0 spiro atoms. The van der Waals surface area contributed by atoms with Gasteiger partial charge in [0.15, 0.2) is 17.5 Å². The van der Waals surface area contributed by atoms with Crippen molar-refractivity contribution in [1.82, 2.24) is 15.5 Å². The quantitative estimate of drug-likeness (QED) is 0.323. The molecule has 1 aromatic carbocycles. The van der Waals surface area contributed by atoms with E-state index in [-0.39, 0.29) is 47.6 Å². The van der Waals surface area contributed by atoms with E-state index in [1.165, 1.54) is 6.07 Å². The Morgan fingerprint density at radius 1 is 1.37 bits per heavy atom. The molecule has 1 saturated heterocycles. The highest BCUT2D eigenvalue weighted by Gasteiger charge is 2.21. The molecule has 2 amide bonds. The fourth-order valence-corrected chi connectivity index (χ4v) is 2.84. The van der Waals surface area contributed by atoms with Crippen LogP contribution in [-0.4, -0.2) is 49.2 Å². The average molecular weight is 493 g/mol. The molecular formula is C18H29FIN5O2. The van der Waals surface area contributed by atoms with E-state index in [1.54, 1.807) is 11.0 Å². The Morgan fingerprint density at radius 3 is 2.63 bits per heavy atom. The number of benzene rings is 1. The highest BCUT2D eigenvalue weighted by molar-refractivity contribution is 14.0. The van der Waals surface area contributed by atoms with Crippen molar-refractivity contribution < 1.29 is 13.9 Å². The molecule has 1 aliphatic heterocycles. The molecule has 0 bridgehead atoms. The number of hydrogen-bond acceptors (Lipinski definition) is 3. The van der Waals surface area contributed by atoms with Crippen molar-refractivity contribution >= 4 is 36.0 Å². The van der Waals surface area contributed by atoms with Crippen LogP contribution in [0.4, 0.5) is 9.18 Å². The number of nitrogens with two attached hydrogens (primary N) is 1. The molecule has 0 aliphatic carbocycles. The second-order valence-electron chi connectivity index (χ2n) is 6.14. The fraction of sp³-hybridized carbons (Fsp3) is 0.556. The van der Waals surface area contributed by atoms with E-state index >= 15 is 0 Å². The van der Waals surface area contributed by atoms with Gasteiger partial charge in [0, 0.05) is 25.7 Å². The van der Waals surface area contributed by atoms with E-state index in [2.05, 4.69) is 15.6 Å². The molecule has 0 atom stereocenters. The number of piperidine rings is 1. The molecule has 0 aromatic heterocycles. The zero-order valence-corrected chi connectivity index (χ0v) is 18.2. The molecule has 27 heavy (non-hydrogen) atoms. The standard InChI is InChI=1S/C18H28FN5O2.HI/c1-3-21-18(23-14-7-9-24(10-8-14)17(20)25)22-12-13-5-6-16(26-4-2)15(19)11-13;/h5-6,11,14H,3-4,7-10,12H2,1-2H3,(H2,20,25)(H2,21,22,23);1H. The molecular weight excluding hydrogens is 464 g/mol. The van der Waals surface area contributed by atoms with E-state index < -0.39 is 0 Å². The number of aliphatic imine (C=N–C) groups is 1. The third kappa shape index (κ3) is 7.39. The smallest absolute Gasteiger partial charge is 0.314 e. The summed E-state index contributed by atoms with van der Waals surface area (Å²) in [4.78, 5) is 17.4. The van der Waals surface area contributed by atoms with Gasteiger partial charge in [-0.1, -0.05) is 6.07 Å². The lowest BCUT2D eigenvalue weighted by Crippen LogP contribution is -2.50. The number of primary amides is 1. The Hall–Kier alpha value is -1.78. The Labute approximate surface area is 176 Å². The maximum atomic E-state index is 13.9. The monoisotopic (exact) mass is 493 g/mol. The molecule has 1 aromatic rings. The predicted molar refractivity (Wildman–Crippen MR) is 115 cm³/mol. The van der Waals surface area contributed by atoms with E-state index in [0.717, 1.165) is 24.9 Å². The van der Waals surface area contributed by atoms with E-state index in [1.807, 2.05) is 19.9 Å². The van der Waals surface area contributed by atoms with Crippen LogP contribution in [-0.2, 0) is 6.54 Å². The van der Waals surface area contributed by atoms with Gasteiger partial charge in [-0.3, -0.25) is 0 Å². The highest BCUT2D eigenvalue weighted by Crippen LogP contribution is 2.18. The van der Waals surface area contributed by atoms with Crippen LogP contribution in [0.2, 0.25) is 0 Å². The number of nitrogens with one attached hydrogen (secondary N) is 2. The van der Waals surface area contributed by atoms with Crippen molar-refractivity contribution in [2.75, 3.05) is 26.2 Å². The van der Waals surface area contributed by atoms with Crippen molar-refractivity contribution in [1.29, 1.82) is 0 Å². The van der Waals surface area contributed by atoms with Gasteiger partial charge in [0.25, 0.3) is 0 Å². The van der Waals surface area contributed by atoms with Crippen LogP contribution in [0.15, 0.2) is 23.2 Å². The lowest BCUT2D eigenvalue weighted by Gasteiger charge is -2.32. The summed E-state index contributed by atoms with van der Waals surface area (Å²) in [7, 11) is 0. The summed E-state index contributed by atoms with van der Waals surface area (Å²) in [5.41, 5.74) is 6.08. The molecule has 1 aliphatic rings. The van der Waals surface area contributed by atoms with Crippen molar-refractivity contribution in [3.8, 4) is 5.75 Å². The lowest BCUT2D eigenvalue weighted by atomic mass is 10.1. The van der Waals surface area contributed by atoms with Gasteiger partial charge in [-0.2, -0.15) is 0 Å². The van der Waals surface area contributed by atoms with Crippen LogP contribution in [0.25, 0.3) is 0 Å². The Balaban J connectivity index is 0.00000364. The van der Waals surface area contributed by atoms with E-state index in [4.69, 9.17) is 10.5 Å². The second kappa shape index (κ2) is 11.8. The molecule has 0 radical (unpaired) electrons. The van der Waals surface area contributed by atoms with Crippen molar-refractivity contribution in [2.24, 2.45) is 10.7 Å². The van der Waals surface area contributed by atoms with Crippen molar-refractivity contribution in [2.45, 2.75) is 39.3 Å². The average Bonchev–Trinajstić information content (AvgIpc) is 2.62. The minimum atomic E-state index is -0.378. The summed E-state index contributed by atoms with van der Waals surface area (Å²) >= 11 is 0. The SMILES string of the molecule is CCNC(=NCc1ccc(OCC)c(F)c1)NC1CCN(C(N)=O)CC1.I. The Kier molecular flexibility index (Phi) is 10.2. The number of rotatable bonds is 6. The van der Waals surface area contributed by atoms with Crippen molar-refractivity contribution in [3.63, 3.8) is 0 Å². The minimum Gasteiger partial charge on any atom is -0.491 e.